The molecule has 11 rings (SSSR count). The highest BCUT2D eigenvalue weighted by atomic mass is 19.2. The van der Waals surface area contributed by atoms with E-state index in [0.29, 0.717) is 135 Å². The van der Waals surface area contributed by atoms with Gasteiger partial charge in [0.25, 0.3) is 0 Å². The van der Waals surface area contributed by atoms with Gasteiger partial charge in [-0.15, -0.1) is 0 Å². The van der Waals surface area contributed by atoms with Crippen molar-refractivity contribution in [1.29, 1.82) is 0 Å². The third-order valence-electron chi connectivity index (χ3n) is 26.0. The number of nitrogens with one attached hydrogen (secondary N) is 2. The molecule has 129 heavy (non-hydrogen) atoms. The fourth-order valence-corrected chi connectivity index (χ4v) is 18.6. The zero-order chi connectivity index (χ0) is 90.9. The lowest BCUT2D eigenvalue weighted by atomic mass is 9.92. The molecule has 4 aromatic heterocycles. The zero-order valence-electron chi connectivity index (χ0n) is 79.8. The average Bonchev–Trinajstić information content (AvgIpc) is 1.60. The second-order valence-electron chi connectivity index (χ2n) is 35.8. The van der Waals surface area contributed by atoms with Crippen LogP contribution in [0.4, 0.5) is 8.63 Å². The van der Waals surface area contributed by atoms with Crippen molar-refractivity contribution in [3.8, 4) is 68.9 Å². The fraction of sp³-hybridized carbons (Fsp3) is 0.491. The van der Waals surface area contributed by atoms with Gasteiger partial charge in [0.2, 0.25) is 0 Å². The maximum absolute atomic E-state index is 15.8. The Kier molecular flexibility index (Phi) is 41.3. The molecule has 8 bridgehead atoms. The molecule has 0 unspecified atom stereocenters. The second kappa shape index (κ2) is 53.7. The Morgan fingerprint density at radius 3 is 1.03 bits per heavy atom. The SMILES string of the molecule is CCCCCCCCCCCCOc1cccc(OCCCCCCCCCCCC)c1-c1c2nc(c(C#Cc3ccc(/C(=C4/N=C(C)C(CC)=C4C)c4c(C)c(CC)c(C)n4B(F)F)cc3)c3ccc([nH]3)c(-c3c(OCCCCCCCCCCCC)cccc3OCCCCCCCCCCCC)c3nc(c(C#Cc4ccc(C(=O)O)cc4)c4ccc1[nH]4)C=C3)C=C2. The van der Waals surface area contributed by atoms with Crippen LogP contribution in [-0.2, 0) is 6.42 Å². The van der Waals surface area contributed by atoms with Gasteiger partial charge in [0.1, 0.15) is 23.0 Å². The van der Waals surface area contributed by atoms with Gasteiger partial charge in [-0.2, -0.15) is 0 Å². The summed E-state index contributed by atoms with van der Waals surface area (Å²) < 4.78 is 61.2. The quantitative estimate of drug-likeness (QED) is 0.0194. The summed E-state index contributed by atoms with van der Waals surface area (Å²) in [5.41, 5.74) is 19.0. The minimum absolute atomic E-state index is 0.171. The molecule has 4 aromatic carbocycles. The van der Waals surface area contributed by atoms with E-state index in [9.17, 15) is 9.90 Å². The van der Waals surface area contributed by atoms with Crippen molar-refractivity contribution < 1.29 is 37.5 Å². The van der Waals surface area contributed by atoms with Crippen LogP contribution in [0.5, 0.6) is 23.0 Å². The lowest BCUT2D eigenvalue weighted by Gasteiger charge is -2.18. The number of hydrogen-bond acceptors (Lipinski definition) is 8. The van der Waals surface area contributed by atoms with E-state index in [0.717, 1.165) is 150 Å². The molecule has 12 nitrogen and oxygen atoms in total. The van der Waals surface area contributed by atoms with Crippen molar-refractivity contribution in [2.75, 3.05) is 26.4 Å². The van der Waals surface area contributed by atoms with Gasteiger partial charge in [0.15, 0.2) is 0 Å². The highest BCUT2D eigenvalue weighted by molar-refractivity contribution is 6.41. The number of unbranched alkanes of at least 4 members (excludes halogenated alkanes) is 36. The second-order valence-corrected chi connectivity index (χ2v) is 35.8. The van der Waals surface area contributed by atoms with Gasteiger partial charge in [-0.3, -0.25) is 13.6 Å². The van der Waals surface area contributed by atoms with Crippen molar-refractivity contribution in [2.45, 2.75) is 339 Å². The third-order valence-corrected chi connectivity index (χ3v) is 26.0. The summed E-state index contributed by atoms with van der Waals surface area (Å²) in [5.74, 6) is 16.1. The topological polar surface area (TPSA) is 149 Å². The predicted molar refractivity (Wildman–Crippen MR) is 540 cm³/mol. The first-order valence-corrected chi connectivity index (χ1v) is 50.1. The number of fused-ring (bicyclic) bond motifs is 8. The summed E-state index contributed by atoms with van der Waals surface area (Å²) in [5, 5.41) is 10.0. The first-order chi connectivity index (χ1) is 63.2. The van der Waals surface area contributed by atoms with Crippen LogP contribution in [0.2, 0.25) is 0 Å². The molecular weight excluding hydrogens is 1600 g/mol. The minimum atomic E-state index is -2.78. The summed E-state index contributed by atoms with van der Waals surface area (Å²) in [7, 11) is -2.78. The lowest BCUT2D eigenvalue weighted by molar-refractivity contribution is 0.0696. The molecule has 0 amide bonds. The number of carbonyl (C=O) groups is 1. The molecule has 0 atom stereocenters. The number of aliphatic imine (C=N–C) groups is 1. The number of rotatable bonds is 56. The smallest absolute Gasteiger partial charge is 0.493 e. The number of H-pyrrole nitrogens is 2. The number of carboxylic acids is 1. The first kappa shape index (κ1) is 99.2. The van der Waals surface area contributed by atoms with Gasteiger partial charge in [0, 0.05) is 56.0 Å². The van der Waals surface area contributed by atoms with Crippen molar-refractivity contribution in [1.82, 2.24) is 24.4 Å². The van der Waals surface area contributed by atoms with Crippen LogP contribution in [0.25, 0.3) is 74.2 Å². The summed E-state index contributed by atoms with van der Waals surface area (Å²) in [4.78, 5) is 36.9. The standard InChI is InChI=1S/C114H147BF2N6O6/c1-11-17-21-25-29-33-37-41-45-49-79-126-103-55-53-56-104(127-80-50-46-42-38-34-30-26-22-18-12-2)110(103)108-99-75-71-95(119-99)93(69-63-87-59-65-89(66-60-87)107(112-83(7)91(15-5)85(9)118-112)113-84(8)92(16-6)86(10)123(113)115(116)117)96-72-76-100(120-96)109(102-78-74-98(122-102)94(97-73-77-101(108)121-97)70-64-88-61-67-90(68-62-88)114(124)125)111-105(128-81-51-47-43-39-35-31-27-23-19-13-3)57-54-58-106(111)129-82-52-48-44-40-36-32-28-24-20-14-4/h53-62,65-68,71-78,119,122H,11-52,79-82H2,1-10H3,(H,124,125)/b95-93?,96-93?,97-94?,98-94?,108-99?,108-101?,109-100?,109-102?,112-107-. The number of benzene rings is 4. The Morgan fingerprint density at radius 1 is 0.388 bits per heavy atom. The highest BCUT2D eigenvalue weighted by Gasteiger charge is 2.33. The van der Waals surface area contributed by atoms with Gasteiger partial charge < -0.3 is 38.5 Å². The first-order valence-electron chi connectivity index (χ1n) is 50.1. The molecule has 0 saturated carbocycles. The van der Waals surface area contributed by atoms with E-state index in [1.165, 1.54) is 184 Å². The van der Waals surface area contributed by atoms with Crippen LogP contribution in [0.1, 0.15) is 402 Å². The number of halogens is 2. The Hall–Kier alpha value is -10.4. The van der Waals surface area contributed by atoms with Crippen molar-refractivity contribution in [2.24, 2.45) is 4.99 Å². The summed E-state index contributed by atoms with van der Waals surface area (Å²) in [6.45, 7) is 23.1. The van der Waals surface area contributed by atoms with E-state index < -0.39 is 13.4 Å². The fourth-order valence-electron chi connectivity index (χ4n) is 18.6. The Bertz CT molecular complexity index is 5230. The van der Waals surface area contributed by atoms with Crippen molar-refractivity contribution in [3.05, 3.63) is 205 Å². The molecule has 0 saturated heterocycles. The normalized spacial score (nSPS) is 12.7. The van der Waals surface area contributed by atoms with Crippen LogP contribution < -0.4 is 18.9 Å². The van der Waals surface area contributed by atoms with E-state index in [1.54, 1.807) is 31.2 Å². The van der Waals surface area contributed by atoms with Gasteiger partial charge in [0.05, 0.1) is 93.8 Å². The molecule has 3 aliphatic heterocycles. The zero-order valence-corrected chi connectivity index (χ0v) is 79.8. The van der Waals surface area contributed by atoms with Gasteiger partial charge in [-0.1, -0.05) is 321 Å². The molecule has 8 aromatic rings. The monoisotopic (exact) mass is 1750 g/mol. The summed E-state index contributed by atoms with van der Waals surface area (Å²) >= 11 is 0. The molecule has 686 valence electrons. The number of hydrogen-bond donors (Lipinski definition) is 3. The number of nitrogens with zero attached hydrogens (tertiary/aromatic N) is 4. The number of allylic oxidation sites excluding steroid dienone is 2. The third kappa shape index (κ3) is 28.3. The van der Waals surface area contributed by atoms with Crippen LogP contribution in [0, 0.1) is 37.5 Å². The molecule has 3 N–H and O–H groups in total. The van der Waals surface area contributed by atoms with Gasteiger partial charge in [-0.05, 0) is 203 Å². The molecule has 7 heterocycles. The molecular formula is C114H147BF2N6O6. The Morgan fingerprint density at radius 2 is 0.713 bits per heavy atom. The van der Waals surface area contributed by atoms with Crippen molar-refractivity contribution >= 4 is 71.0 Å². The molecule has 0 aliphatic carbocycles. The summed E-state index contributed by atoms with van der Waals surface area (Å²) in [6.07, 6.45) is 57.7. The van der Waals surface area contributed by atoms with E-state index in [4.69, 9.17) is 33.9 Å². The van der Waals surface area contributed by atoms with E-state index in [-0.39, 0.29) is 5.56 Å². The maximum Gasteiger partial charge on any atom is 0.677 e. The number of ether oxygens (including phenoxy) is 4. The largest absolute Gasteiger partial charge is 0.677 e. The molecule has 0 radical (unpaired) electrons. The average molecular weight is 1750 g/mol. The van der Waals surface area contributed by atoms with Gasteiger partial charge >= 0.3 is 13.4 Å². The minimum Gasteiger partial charge on any atom is -0.493 e. The van der Waals surface area contributed by atoms with Crippen molar-refractivity contribution in [3.63, 3.8) is 0 Å². The molecule has 3 aliphatic rings. The molecule has 0 spiro atoms. The predicted octanol–water partition coefficient (Wildman–Crippen LogP) is 32.4. The van der Waals surface area contributed by atoms with Gasteiger partial charge in [-0.25, -0.2) is 14.8 Å². The maximum atomic E-state index is 15.8. The number of aromatic amines is 2. The summed E-state index contributed by atoms with van der Waals surface area (Å²) in [6, 6.07) is 35.4. The highest BCUT2D eigenvalue weighted by Crippen LogP contribution is 2.47. The van der Waals surface area contributed by atoms with E-state index in [2.05, 4.69) is 142 Å². The number of aromatic nitrogens is 5. The van der Waals surface area contributed by atoms with E-state index in [1.807, 2.05) is 63.2 Å². The van der Waals surface area contributed by atoms with Crippen LogP contribution >= 0.6 is 0 Å². The molecule has 0 fully saturated rings. The van der Waals surface area contributed by atoms with E-state index >= 15 is 8.63 Å². The van der Waals surface area contributed by atoms with Crippen LogP contribution in [0.15, 0.2) is 131 Å². The lowest BCUT2D eigenvalue weighted by Crippen LogP contribution is -2.18. The van der Waals surface area contributed by atoms with Crippen LogP contribution in [0.3, 0.4) is 0 Å². The Balaban J connectivity index is 1.13. The number of carboxylic acid groups (broad SMARTS) is 1. The van der Waals surface area contributed by atoms with Crippen LogP contribution in [-0.4, -0.2) is 75.0 Å². The molecule has 15 heteroatoms. The number of aromatic carboxylic acids is 1. The Labute approximate surface area is 772 Å².